The molecule has 26 heavy (non-hydrogen) atoms. The van der Waals surface area contributed by atoms with Gasteiger partial charge in [-0.3, -0.25) is 4.79 Å². The predicted octanol–water partition coefficient (Wildman–Crippen LogP) is 2.90. The highest BCUT2D eigenvalue weighted by Crippen LogP contribution is 2.29. The average molecular weight is 371 g/mol. The maximum Gasteiger partial charge on any atom is 0.416 e. The van der Waals surface area contributed by atoms with Crippen LogP contribution in [-0.2, 0) is 17.4 Å². The summed E-state index contributed by atoms with van der Waals surface area (Å²) in [6, 6.07) is 4.46. The summed E-state index contributed by atoms with van der Waals surface area (Å²) in [6.45, 7) is 7.38. The van der Waals surface area contributed by atoms with E-state index in [2.05, 4.69) is 5.32 Å². The number of nitrogens with one attached hydrogen (secondary N) is 1. The number of amides is 3. The quantitative estimate of drug-likeness (QED) is 0.869. The molecule has 1 aromatic rings. The Labute approximate surface area is 151 Å². The lowest BCUT2D eigenvalue weighted by Crippen LogP contribution is -2.56. The summed E-state index contributed by atoms with van der Waals surface area (Å²) in [4.78, 5) is 27.8. The second-order valence-electron chi connectivity index (χ2n) is 7.42. The van der Waals surface area contributed by atoms with Crippen LogP contribution in [0.1, 0.15) is 31.9 Å². The van der Waals surface area contributed by atoms with E-state index in [0.717, 1.165) is 12.1 Å². The maximum absolute atomic E-state index is 12.6. The number of hydrogen-bond donors (Lipinski definition) is 1. The Morgan fingerprint density at radius 2 is 1.46 bits per heavy atom. The van der Waals surface area contributed by atoms with Gasteiger partial charge in [0, 0.05) is 31.7 Å². The van der Waals surface area contributed by atoms with E-state index < -0.39 is 11.7 Å². The number of urea groups is 1. The first-order valence-corrected chi connectivity index (χ1v) is 8.47. The van der Waals surface area contributed by atoms with E-state index in [1.807, 2.05) is 20.8 Å². The van der Waals surface area contributed by atoms with Crippen LogP contribution in [0.25, 0.3) is 0 Å². The summed E-state index contributed by atoms with van der Waals surface area (Å²) >= 11 is 0. The van der Waals surface area contributed by atoms with Crippen LogP contribution in [0.3, 0.4) is 0 Å². The lowest BCUT2D eigenvalue weighted by Gasteiger charge is -2.36. The molecule has 1 saturated heterocycles. The van der Waals surface area contributed by atoms with E-state index in [4.69, 9.17) is 0 Å². The van der Waals surface area contributed by atoms with Gasteiger partial charge in [-0.2, -0.15) is 13.2 Å². The Morgan fingerprint density at radius 3 is 1.92 bits per heavy atom. The number of benzene rings is 1. The first-order chi connectivity index (χ1) is 12.0. The van der Waals surface area contributed by atoms with Crippen molar-refractivity contribution in [2.45, 2.75) is 38.9 Å². The van der Waals surface area contributed by atoms with Crippen molar-refractivity contribution in [3.8, 4) is 0 Å². The van der Waals surface area contributed by atoms with Gasteiger partial charge in [-0.25, -0.2) is 4.79 Å². The molecule has 8 heteroatoms. The fourth-order valence-electron chi connectivity index (χ4n) is 2.66. The van der Waals surface area contributed by atoms with Gasteiger partial charge in [-0.1, -0.05) is 12.1 Å². The van der Waals surface area contributed by atoms with Gasteiger partial charge in [-0.15, -0.1) is 0 Å². The molecule has 1 aliphatic heterocycles. The molecule has 1 aliphatic rings. The van der Waals surface area contributed by atoms with Gasteiger partial charge in [0.25, 0.3) is 0 Å². The standard InChI is InChI=1S/C18H24F3N3O2/c1-17(2,3)22-16(26)24-10-8-23(9-11-24)15(25)12-13-4-6-14(7-5-13)18(19,20)21/h4-7H,8-12H2,1-3H3,(H,22,26). The predicted molar refractivity (Wildman–Crippen MR) is 91.6 cm³/mol. The minimum atomic E-state index is -4.38. The van der Waals surface area contributed by atoms with Gasteiger partial charge in [0.15, 0.2) is 0 Å². The second kappa shape index (κ2) is 7.55. The molecule has 0 saturated carbocycles. The van der Waals surface area contributed by atoms with Crippen molar-refractivity contribution in [2.75, 3.05) is 26.2 Å². The lowest BCUT2D eigenvalue weighted by atomic mass is 10.1. The summed E-state index contributed by atoms with van der Waals surface area (Å²) < 4.78 is 37.7. The van der Waals surface area contributed by atoms with Gasteiger partial charge in [0.05, 0.1) is 12.0 Å². The zero-order valence-corrected chi connectivity index (χ0v) is 15.2. The molecular weight excluding hydrogens is 347 g/mol. The van der Waals surface area contributed by atoms with Crippen LogP contribution in [-0.4, -0.2) is 53.5 Å². The second-order valence-corrected chi connectivity index (χ2v) is 7.42. The number of alkyl halides is 3. The number of carbonyl (C=O) groups is 2. The number of carbonyl (C=O) groups excluding carboxylic acids is 2. The van der Waals surface area contributed by atoms with Crippen LogP contribution >= 0.6 is 0 Å². The number of hydrogen-bond acceptors (Lipinski definition) is 2. The molecule has 1 aromatic carbocycles. The van der Waals surface area contributed by atoms with Crippen molar-refractivity contribution in [3.63, 3.8) is 0 Å². The van der Waals surface area contributed by atoms with Gasteiger partial charge in [0.2, 0.25) is 5.91 Å². The molecule has 5 nitrogen and oxygen atoms in total. The van der Waals surface area contributed by atoms with E-state index >= 15 is 0 Å². The van der Waals surface area contributed by atoms with Gasteiger partial charge < -0.3 is 15.1 Å². The minimum absolute atomic E-state index is 0.0479. The van der Waals surface area contributed by atoms with Crippen molar-refractivity contribution in [3.05, 3.63) is 35.4 Å². The van der Waals surface area contributed by atoms with Crippen LogP contribution in [0.15, 0.2) is 24.3 Å². The Bertz CT molecular complexity index is 643. The molecule has 0 radical (unpaired) electrons. The van der Waals surface area contributed by atoms with Crippen LogP contribution in [0.2, 0.25) is 0 Å². The topological polar surface area (TPSA) is 52.7 Å². The first kappa shape index (κ1) is 20.1. The molecule has 0 atom stereocenters. The van der Waals surface area contributed by atoms with Crippen molar-refractivity contribution >= 4 is 11.9 Å². The van der Waals surface area contributed by atoms with Crippen LogP contribution in [0.4, 0.5) is 18.0 Å². The Balaban J connectivity index is 1.86. The summed E-state index contributed by atoms with van der Waals surface area (Å²) in [5.74, 6) is -0.152. The molecule has 0 spiro atoms. The molecule has 1 heterocycles. The molecule has 144 valence electrons. The number of nitrogens with zero attached hydrogens (tertiary/aromatic N) is 2. The lowest BCUT2D eigenvalue weighted by molar-refractivity contribution is -0.137. The molecule has 3 amide bonds. The molecule has 0 unspecified atom stereocenters. The fourth-order valence-corrected chi connectivity index (χ4v) is 2.66. The highest BCUT2D eigenvalue weighted by atomic mass is 19.4. The summed E-state index contributed by atoms with van der Waals surface area (Å²) in [5, 5.41) is 2.88. The Hall–Kier alpha value is -2.25. The smallest absolute Gasteiger partial charge is 0.339 e. The largest absolute Gasteiger partial charge is 0.416 e. The molecule has 2 rings (SSSR count). The van der Waals surface area contributed by atoms with Crippen LogP contribution in [0, 0.1) is 0 Å². The zero-order valence-electron chi connectivity index (χ0n) is 15.2. The summed E-state index contributed by atoms with van der Waals surface area (Å²) in [5.41, 5.74) is -0.518. The molecule has 0 aromatic heterocycles. The first-order valence-electron chi connectivity index (χ1n) is 8.47. The molecular formula is C18H24F3N3O2. The Morgan fingerprint density at radius 1 is 0.962 bits per heavy atom. The number of piperazine rings is 1. The van der Waals surface area contributed by atoms with Crippen molar-refractivity contribution < 1.29 is 22.8 Å². The summed E-state index contributed by atoms with van der Waals surface area (Å²) in [7, 11) is 0. The molecule has 0 aliphatic carbocycles. The molecule has 1 fully saturated rings. The molecule has 1 N–H and O–H groups in total. The van der Waals surface area contributed by atoms with E-state index in [-0.39, 0.29) is 23.9 Å². The number of halogens is 3. The van der Waals surface area contributed by atoms with Crippen molar-refractivity contribution in [2.24, 2.45) is 0 Å². The summed E-state index contributed by atoms with van der Waals surface area (Å²) in [6.07, 6.45) is -4.33. The maximum atomic E-state index is 12.6. The third-order valence-corrected chi connectivity index (χ3v) is 4.04. The SMILES string of the molecule is CC(C)(C)NC(=O)N1CCN(C(=O)Cc2ccc(C(F)(F)F)cc2)CC1. The fraction of sp³-hybridized carbons (Fsp3) is 0.556. The van der Waals surface area contributed by atoms with Gasteiger partial charge >= 0.3 is 12.2 Å². The van der Waals surface area contributed by atoms with Crippen molar-refractivity contribution in [1.29, 1.82) is 0 Å². The van der Waals surface area contributed by atoms with E-state index in [1.165, 1.54) is 12.1 Å². The van der Waals surface area contributed by atoms with Crippen molar-refractivity contribution in [1.82, 2.24) is 15.1 Å². The number of rotatable bonds is 2. The Kier molecular flexibility index (Phi) is 5.83. The minimum Gasteiger partial charge on any atom is -0.339 e. The van der Waals surface area contributed by atoms with E-state index in [1.54, 1.807) is 9.80 Å². The highest BCUT2D eigenvalue weighted by molar-refractivity contribution is 5.79. The average Bonchev–Trinajstić information content (AvgIpc) is 2.53. The zero-order chi connectivity index (χ0) is 19.5. The third kappa shape index (κ3) is 5.64. The highest BCUT2D eigenvalue weighted by Gasteiger charge is 2.30. The third-order valence-electron chi connectivity index (χ3n) is 4.04. The van der Waals surface area contributed by atoms with Gasteiger partial charge in [-0.05, 0) is 38.5 Å². The van der Waals surface area contributed by atoms with Crippen LogP contribution in [0.5, 0.6) is 0 Å². The van der Waals surface area contributed by atoms with Crippen LogP contribution < -0.4 is 5.32 Å². The monoisotopic (exact) mass is 371 g/mol. The van der Waals surface area contributed by atoms with Gasteiger partial charge in [0.1, 0.15) is 0 Å². The molecule has 0 bridgehead atoms. The van der Waals surface area contributed by atoms with E-state index in [0.29, 0.717) is 31.7 Å². The normalized spacial score (nSPS) is 15.8. The van der Waals surface area contributed by atoms with E-state index in [9.17, 15) is 22.8 Å².